The predicted molar refractivity (Wildman–Crippen MR) is 110 cm³/mol. The molecular weight excluding hydrogens is 393 g/mol. The molecule has 2 saturated heterocycles. The maximum Gasteiger partial charge on any atom is 0.414 e. The van der Waals surface area contributed by atoms with E-state index in [1.165, 1.54) is 17.9 Å². The molecule has 10 heteroatoms. The Bertz CT molecular complexity index is 825. The molecule has 2 N–H and O–H groups in total. The Labute approximate surface area is 174 Å². The van der Waals surface area contributed by atoms with Gasteiger partial charge in [-0.1, -0.05) is 6.08 Å². The van der Waals surface area contributed by atoms with Gasteiger partial charge in [-0.25, -0.2) is 14.0 Å². The summed E-state index contributed by atoms with van der Waals surface area (Å²) in [6.07, 6.45) is 0.560. The van der Waals surface area contributed by atoms with Crippen LogP contribution in [0.5, 0.6) is 0 Å². The van der Waals surface area contributed by atoms with E-state index in [0.717, 1.165) is 0 Å². The van der Waals surface area contributed by atoms with Crippen molar-refractivity contribution in [1.29, 1.82) is 0 Å². The molecule has 0 saturated carbocycles. The molecule has 0 aromatic heterocycles. The van der Waals surface area contributed by atoms with Gasteiger partial charge in [0.2, 0.25) is 5.91 Å². The number of piperazine rings is 1. The fraction of sp³-hybridized carbons (Fsp3) is 0.450. The summed E-state index contributed by atoms with van der Waals surface area (Å²) in [5.74, 6) is -0.659. The lowest BCUT2D eigenvalue weighted by atomic mass is 10.2. The number of urea groups is 1. The van der Waals surface area contributed by atoms with Crippen LogP contribution in [-0.2, 0) is 9.53 Å². The highest BCUT2D eigenvalue weighted by Gasteiger charge is 2.33. The lowest BCUT2D eigenvalue weighted by molar-refractivity contribution is -0.119. The van der Waals surface area contributed by atoms with Crippen molar-refractivity contribution in [2.75, 3.05) is 55.6 Å². The van der Waals surface area contributed by atoms with Crippen molar-refractivity contribution in [3.05, 3.63) is 36.7 Å². The van der Waals surface area contributed by atoms with Gasteiger partial charge in [-0.05, 0) is 18.2 Å². The molecule has 1 aromatic carbocycles. The predicted octanol–water partition coefficient (Wildman–Crippen LogP) is 1.30. The third-order valence-corrected chi connectivity index (χ3v) is 5.00. The summed E-state index contributed by atoms with van der Waals surface area (Å²) in [4.78, 5) is 40.0. The topological polar surface area (TPSA) is 94.2 Å². The number of carbonyl (C=O) groups excluding carboxylic acids is 3. The van der Waals surface area contributed by atoms with Crippen molar-refractivity contribution in [1.82, 2.24) is 15.5 Å². The van der Waals surface area contributed by atoms with Gasteiger partial charge in [0.15, 0.2) is 0 Å². The van der Waals surface area contributed by atoms with E-state index in [9.17, 15) is 18.8 Å². The number of nitrogens with zero attached hydrogens (tertiary/aromatic N) is 3. The first-order valence-corrected chi connectivity index (χ1v) is 9.79. The molecule has 0 radical (unpaired) electrons. The molecule has 3 rings (SSSR count). The third kappa shape index (κ3) is 5.00. The molecule has 0 unspecified atom stereocenters. The van der Waals surface area contributed by atoms with E-state index in [1.54, 1.807) is 23.1 Å². The van der Waals surface area contributed by atoms with Gasteiger partial charge in [0, 0.05) is 39.6 Å². The van der Waals surface area contributed by atoms with Crippen molar-refractivity contribution in [3.8, 4) is 0 Å². The second-order valence-corrected chi connectivity index (χ2v) is 7.14. The number of anilines is 2. The summed E-state index contributed by atoms with van der Waals surface area (Å²) < 4.78 is 20.0. The molecule has 0 spiro atoms. The average Bonchev–Trinajstić information content (AvgIpc) is 3.11. The number of cyclic esters (lactones) is 1. The van der Waals surface area contributed by atoms with E-state index in [1.807, 2.05) is 4.90 Å². The van der Waals surface area contributed by atoms with Gasteiger partial charge in [0.25, 0.3) is 0 Å². The molecule has 9 nitrogen and oxygen atoms in total. The number of nitrogens with one attached hydrogen (secondary N) is 2. The highest BCUT2D eigenvalue weighted by Crippen LogP contribution is 2.28. The highest BCUT2D eigenvalue weighted by atomic mass is 19.1. The SMILES string of the molecule is C=CCNC(=O)N1CCN(c2ccc(N3C[C@H](CNC(C)=O)OC3=O)cc2F)CC1. The zero-order chi connectivity index (χ0) is 21.7. The molecule has 2 aliphatic rings. The summed E-state index contributed by atoms with van der Waals surface area (Å²) in [5.41, 5.74) is 0.821. The van der Waals surface area contributed by atoms with Crippen LogP contribution in [0, 0.1) is 5.82 Å². The number of halogens is 1. The molecule has 30 heavy (non-hydrogen) atoms. The lowest BCUT2D eigenvalue weighted by Gasteiger charge is -2.36. The van der Waals surface area contributed by atoms with E-state index in [-0.39, 0.29) is 25.0 Å². The van der Waals surface area contributed by atoms with Crippen LogP contribution in [0.25, 0.3) is 0 Å². The maximum atomic E-state index is 14.8. The lowest BCUT2D eigenvalue weighted by Crippen LogP contribution is -2.52. The van der Waals surface area contributed by atoms with Crippen LogP contribution in [0.4, 0.5) is 25.4 Å². The highest BCUT2D eigenvalue weighted by molar-refractivity contribution is 5.90. The van der Waals surface area contributed by atoms with Crippen molar-refractivity contribution >= 4 is 29.4 Å². The molecule has 2 fully saturated rings. The minimum Gasteiger partial charge on any atom is -0.442 e. The van der Waals surface area contributed by atoms with Gasteiger partial charge in [0.05, 0.1) is 24.5 Å². The fourth-order valence-corrected chi connectivity index (χ4v) is 3.44. The van der Waals surface area contributed by atoms with Gasteiger partial charge in [-0.3, -0.25) is 9.69 Å². The average molecular weight is 419 g/mol. The number of hydrogen-bond donors (Lipinski definition) is 2. The number of rotatable bonds is 6. The minimum absolute atomic E-state index is 0.160. The molecule has 0 bridgehead atoms. The zero-order valence-corrected chi connectivity index (χ0v) is 16.9. The molecule has 1 aromatic rings. The van der Waals surface area contributed by atoms with Gasteiger partial charge >= 0.3 is 12.1 Å². The smallest absolute Gasteiger partial charge is 0.414 e. The number of amides is 4. The van der Waals surface area contributed by atoms with Crippen molar-refractivity contribution in [2.45, 2.75) is 13.0 Å². The summed E-state index contributed by atoms with van der Waals surface area (Å²) in [5, 5.41) is 5.34. The van der Waals surface area contributed by atoms with Gasteiger partial charge in [-0.2, -0.15) is 0 Å². The second kappa shape index (κ2) is 9.47. The van der Waals surface area contributed by atoms with Crippen molar-refractivity contribution in [3.63, 3.8) is 0 Å². The van der Waals surface area contributed by atoms with Crippen LogP contribution in [0.15, 0.2) is 30.9 Å². The molecule has 2 aliphatic heterocycles. The molecule has 1 atom stereocenters. The second-order valence-electron chi connectivity index (χ2n) is 7.14. The third-order valence-electron chi connectivity index (χ3n) is 5.00. The van der Waals surface area contributed by atoms with Crippen LogP contribution in [0.1, 0.15) is 6.92 Å². The number of ether oxygens (including phenoxy) is 1. The number of hydrogen-bond acceptors (Lipinski definition) is 5. The van der Waals surface area contributed by atoms with Gasteiger partial charge < -0.3 is 25.2 Å². The molecule has 2 heterocycles. The van der Waals surface area contributed by atoms with Gasteiger partial charge in [0.1, 0.15) is 11.9 Å². The van der Waals surface area contributed by atoms with Crippen LogP contribution in [0.2, 0.25) is 0 Å². The fourth-order valence-electron chi connectivity index (χ4n) is 3.44. The normalized spacial score (nSPS) is 18.8. The van der Waals surface area contributed by atoms with Crippen LogP contribution >= 0.6 is 0 Å². The van der Waals surface area contributed by atoms with E-state index in [4.69, 9.17) is 4.74 Å². The van der Waals surface area contributed by atoms with Crippen LogP contribution in [0.3, 0.4) is 0 Å². The van der Waals surface area contributed by atoms with E-state index < -0.39 is 18.0 Å². The maximum absolute atomic E-state index is 14.8. The number of benzene rings is 1. The first-order chi connectivity index (χ1) is 14.4. The molecule has 4 amide bonds. The Kier molecular flexibility index (Phi) is 6.76. The molecular formula is C20H26FN5O4. The molecule has 162 valence electrons. The first-order valence-electron chi connectivity index (χ1n) is 9.79. The summed E-state index contributed by atoms with van der Waals surface area (Å²) >= 11 is 0. The van der Waals surface area contributed by atoms with E-state index >= 15 is 0 Å². The Morgan fingerprint density at radius 1 is 1.27 bits per heavy atom. The Morgan fingerprint density at radius 3 is 2.63 bits per heavy atom. The zero-order valence-electron chi connectivity index (χ0n) is 16.9. The quantitative estimate of drug-likeness (QED) is 0.678. The number of carbonyl (C=O) groups is 3. The Balaban J connectivity index is 1.59. The largest absolute Gasteiger partial charge is 0.442 e. The van der Waals surface area contributed by atoms with Crippen molar-refractivity contribution in [2.24, 2.45) is 0 Å². The molecule has 0 aliphatic carbocycles. The Morgan fingerprint density at radius 2 is 2.00 bits per heavy atom. The Hall–Kier alpha value is -3.30. The minimum atomic E-state index is -0.573. The van der Waals surface area contributed by atoms with E-state index in [2.05, 4.69) is 17.2 Å². The summed E-state index contributed by atoms with van der Waals surface area (Å²) in [7, 11) is 0. The summed E-state index contributed by atoms with van der Waals surface area (Å²) in [6.45, 7) is 7.76. The first kappa shape index (κ1) is 21.4. The standard InChI is InChI=1S/C20H26FN5O4/c1-3-6-22-19(28)25-9-7-24(8-10-25)18-5-4-15(11-17(18)21)26-13-16(30-20(26)29)12-23-14(2)27/h3-5,11,16H,1,6-10,12-13H2,2H3,(H,22,28)(H,23,27)/t16-/m0/s1. The van der Waals surface area contributed by atoms with Crippen molar-refractivity contribution < 1.29 is 23.5 Å². The monoisotopic (exact) mass is 419 g/mol. The summed E-state index contributed by atoms with van der Waals surface area (Å²) in [6, 6.07) is 4.45. The van der Waals surface area contributed by atoms with Gasteiger partial charge in [-0.15, -0.1) is 6.58 Å². The van der Waals surface area contributed by atoms with Crippen LogP contribution in [-0.4, -0.2) is 74.8 Å². The van der Waals surface area contributed by atoms with Crippen LogP contribution < -0.4 is 20.4 Å². The van der Waals surface area contributed by atoms with E-state index in [0.29, 0.717) is 44.1 Å².